The lowest BCUT2D eigenvalue weighted by molar-refractivity contribution is -0.137. The summed E-state index contributed by atoms with van der Waals surface area (Å²) in [6, 6.07) is 4.72. The smallest absolute Gasteiger partial charge is 0.308 e. The topological polar surface area (TPSA) is 63.8 Å². The Bertz CT molecular complexity index is 636. The Balaban J connectivity index is 2.45. The molecule has 0 atom stereocenters. The molecule has 4 nitrogen and oxygen atoms in total. The molecule has 0 unspecified atom stereocenters. The summed E-state index contributed by atoms with van der Waals surface area (Å²) in [6.07, 6.45) is -3.65. The van der Waals surface area contributed by atoms with Crippen molar-refractivity contribution in [2.45, 2.75) is 26.4 Å². The van der Waals surface area contributed by atoms with Gasteiger partial charge in [-0.1, -0.05) is 19.1 Å². The average molecular weight is 296 g/mol. The quantitative estimate of drug-likeness (QED) is 0.673. The second-order valence-electron chi connectivity index (χ2n) is 4.53. The number of rotatable bonds is 3. The van der Waals surface area contributed by atoms with Crippen LogP contribution in [0.25, 0.3) is 11.4 Å². The molecule has 0 aliphatic carbocycles. The summed E-state index contributed by atoms with van der Waals surface area (Å²) < 4.78 is 37.6. The van der Waals surface area contributed by atoms with Crippen molar-refractivity contribution in [2.75, 3.05) is 5.43 Å². The minimum atomic E-state index is -4.36. The van der Waals surface area contributed by atoms with Crippen molar-refractivity contribution in [3.8, 4) is 11.4 Å². The van der Waals surface area contributed by atoms with Crippen LogP contribution in [-0.2, 0) is 12.6 Å². The van der Waals surface area contributed by atoms with Crippen molar-refractivity contribution in [3.05, 3.63) is 41.1 Å². The number of nitrogen functional groups attached to an aromatic ring is 1. The molecule has 0 amide bonds. The summed E-state index contributed by atoms with van der Waals surface area (Å²) in [5, 5.41) is 0. The van der Waals surface area contributed by atoms with E-state index in [1.165, 1.54) is 12.1 Å². The Morgan fingerprint density at radius 2 is 1.76 bits per heavy atom. The molecule has 1 aromatic carbocycles. The molecule has 0 fully saturated rings. The minimum Gasteiger partial charge on any atom is -0.308 e. The number of nitrogens with two attached hydrogens (primary N) is 1. The zero-order valence-electron chi connectivity index (χ0n) is 11.6. The van der Waals surface area contributed by atoms with Crippen LogP contribution in [0.3, 0.4) is 0 Å². The van der Waals surface area contributed by atoms with Gasteiger partial charge in [0.2, 0.25) is 0 Å². The third-order valence-electron chi connectivity index (χ3n) is 3.17. The van der Waals surface area contributed by atoms with Crippen LogP contribution in [0.2, 0.25) is 0 Å². The summed E-state index contributed by atoms with van der Waals surface area (Å²) >= 11 is 0. The van der Waals surface area contributed by atoms with E-state index in [9.17, 15) is 13.2 Å². The van der Waals surface area contributed by atoms with Gasteiger partial charge in [0.15, 0.2) is 5.82 Å². The molecule has 2 aromatic rings. The Hall–Kier alpha value is -2.15. The van der Waals surface area contributed by atoms with Crippen molar-refractivity contribution in [1.82, 2.24) is 9.97 Å². The molecule has 0 spiro atoms. The van der Waals surface area contributed by atoms with Gasteiger partial charge in [0.05, 0.1) is 5.56 Å². The summed E-state index contributed by atoms with van der Waals surface area (Å²) in [6.45, 7) is 3.76. The molecule has 0 saturated carbocycles. The van der Waals surface area contributed by atoms with Gasteiger partial charge in [-0.05, 0) is 25.5 Å². The highest BCUT2D eigenvalue weighted by atomic mass is 19.4. The average Bonchev–Trinajstić information content (AvgIpc) is 2.45. The fourth-order valence-electron chi connectivity index (χ4n) is 2.08. The molecule has 2 rings (SSSR count). The van der Waals surface area contributed by atoms with Crippen molar-refractivity contribution >= 4 is 5.82 Å². The van der Waals surface area contributed by atoms with Gasteiger partial charge >= 0.3 is 6.18 Å². The Labute approximate surface area is 120 Å². The molecule has 1 aromatic heterocycles. The number of nitrogens with zero attached hydrogens (tertiary/aromatic N) is 2. The van der Waals surface area contributed by atoms with E-state index in [-0.39, 0.29) is 0 Å². The molecule has 0 radical (unpaired) electrons. The lowest BCUT2D eigenvalue weighted by Gasteiger charge is -2.12. The highest BCUT2D eigenvalue weighted by Gasteiger charge is 2.30. The molecule has 0 bridgehead atoms. The summed E-state index contributed by atoms with van der Waals surface area (Å²) in [4.78, 5) is 8.58. The van der Waals surface area contributed by atoms with Gasteiger partial charge in [0, 0.05) is 16.8 Å². The zero-order valence-corrected chi connectivity index (χ0v) is 11.6. The Morgan fingerprint density at radius 1 is 1.14 bits per heavy atom. The van der Waals surface area contributed by atoms with Crippen molar-refractivity contribution < 1.29 is 13.2 Å². The molecule has 0 aliphatic rings. The molecule has 0 saturated heterocycles. The number of hydrogen-bond donors (Lipinski definition) is 2. The molecular formula is C14H15F3N4. The highest BCUT2D eigenvalue weighted by molar-refractivity contribution is 5.60. The summed E-state index contributed by atoms with van der Waals surface area (Å²) in [7, 11) is 0. The summed E-state index contributed by atoms with van der Waals surface area (Å²) in [5.41, 5.74) is 3.93. The van der Waals surface area contributed by atoms with Gasteiger partial charge in [0.1, 0.15) is 5.82 Å². The van der Waals surface area contributed by atoms with Gasteiger partial charge in [-0.15, -0.1) is 0 Å². The van der Waals surface area contributed by atoms with E-state index >= 15 is 0 Å². The fraction of sp³-hybridized carbons (Fsp3) is 0.286. The third kappa shape index (κ3) is 3.13. The van der Waals surface area contributed by atoms with Gasteiger partial charge in [0.25, 0.3) is 0 Å². The Kier molecular flexibility index (Phi) is 4.13. The maximum absolute atomic E-state index is 12.5. The van der Waals surface area contributed by atoms with Crippen LogP contribution in [0.4, 0.5) is 19.0 Å². The normalized spacial score (nSPS) is 11.5. The third-order valence-corrected chi connectivity index (χ3v) is 3.17. The van der Waals surface area contributed by atoms with Crippen LogP contribution < -0.4 is 11.3 Å². The van der Waals surface area contributed by atoms with Crippen molar-refractivity contribution in [1.29, 1.82) is 0 Å². The van der Waals surface area contributed by atoms with Gasteiger partial charge in [-0.3, -0.25) is 0 Å². The largest absolute Gasteiger partial charge is 0.416 e. The molecular weight excluding hydrogens is 281 g/mol. The van der Waals surface area contributed by atoms with E-state index in [0.717, 1.165) is 23.4 Å². The van der Waals surface area contributed by atoms with Crippen LogP contribution in [0, 0.1) is 6.92 Å². The standard InChI is InChI=1S/C14H15F3N4/c1-3-11-8(2)19-12(20-13(11)21-18)9-4-6-10(7-5-9)14(15,16)17/h4-7H,3,18H2,1-2H3,(H,19,20,21). The van der Waals surface area contributed by atoms with Crippen molar-refractivity contribution in [2.24, 2.45) is 5.84 Å². The first-order valence-corrected chi connectivity index (χ1v) is 6.38. The van der Waals surface area contributed by atoms with Gasteiger partial charge < -0.3 is 5.43 Å². The zero-order chi connectivity index (χ0) is 15.6. The lowest BCUT2D eigenvalue weighted by atomic mass is 10.1. The maximum Gasteiger partial charge on any atom is 0.416 e. The second-order valence-corrected chi connectivity index (χ2v) is 4.53. The van der Waals surface area contributed by atoms with E-state index in [1.807, 2.05) is 13.8 Å². The van der Waals surface area contributed by atoms with Crippen LogP contribution in [0.5, 0.6) is 0 Å². The number of alkyl halides is 3. The lowest BCUT2D eigenvalue weighted by Crippen LogP contribution is -2.13. The number of benzene rings is 1. The van der Waals surface area contributed by atoms with E-state index in [1.54, 1.807) is 0 Å². The van der Waals surface area contributed by atoms with Gasteiger partial charge in [-0.2, -0.15) is 13.2 Å². The first-order chi connectivity index (χ1) is 9.86. The number of hydrazine groups is 1. The number of hydrogen-bond acceptors (Lipinski definition) is 4. The molecule has 3 N–H and O–H groups in total. The number of halogens is 3. The number of aromatic nitrogens is 2. The number of nitrogens with one attached hydrogen (secondary N) is 1. The van der Waals surface area contributed by atoms with E-state index in [4.69, 9.17) is 5.84 Å². The molecule has 1 heterocycles. The van der Waals surface area contributed by atoms with Gasteiger partial charge in [-0.25, -0.2) is 15.8 Å². The van der Waals surface area contributed by atoms with E-state index in [2.05, 4.69) is 15.4 Å². The predicted octanol–water partition coefficient (Wildman–Crippen LogP) is 3.32. The molecule has 7 heteroatoms. The van der Waals surface area contributed by atoms with E-state index in [0.29, 0.717) is 23.6 Å². The first kappa shape index (κ1) is 15.2. The molecule has 21 heavy (non-hydrogen) atoms. The number of anilines is 1. The summed E-state index contributed by atoms with van der Waals surface area (Å²) in [5.74, 6) is 6.26. The SMILES string of the molecule is CCc1c(C)nc(-c2ccc(C(F)(F)F)cc2)nc1NN. The first-order valence-electron chi connectivity index (χ1n) is 6.38. The molecule has 0 aliphatic heterocycles. The van der Waals surface area contributed by atoms with Crippen molar-refractivity contribution in [3.63, 3.8) is 0 Å². The Morgan fingerprint density at radius 3 is 2.24 bits per heavy atom. The maximum atomic E-state index is 12.5. The highest BCUT2D eigenvalue weighted by Crippen LogP contribution is 2.30. The second kappa shape index (κ2) is 5.69. The van der Waals surface area contributed by atoms with Crippen LogP contribution in [0.1, 0.15) is 23.7 Å². The minimum absolute atomic E-state index is 0.339. The molecule has 112 valence electrons. The van der Waals surface area contributed by atoms with Crippen LogP contribution in [0.15, 0.2) is 24.3 Å². The number of aryl methyl sites for hydroxylation is 1. The fourth-order valence-corrected chi connectivity index (χ4v) is 2.08. The monoisotopic (exact) mass is 296 g/mol. The predicted molar refractivity (Wildman–Crippen MR) is 74.4 cm³/mol. The van der Waals surface area contributed by atoms with Crippen LogP contribution >= 0.6 is 0 Å². The van der Waals surface area contributed by atoms with E-state index < -0.39 is 11.7 Å². The van der Waals surface area contributed by atoms with Crippen LogP contribution in [-0.4, -0.2) is 9.97 Å².